The number of ether oxygens (including phenoxy) is 1. The third-order valence-electron chi connectivity index (χ3n) is 5.85. The highest BCUT2D eigenvalue weighted by Crippen LogP contribution is 2.19. The number of anilines is 1. The Morgan fingerprint density at radius 3 is 2.29 bits per heavy atom. The van der Waals surface area contributed by atoms with Gasteiger partial charge in [0.05, 0.1) is 18.5 Å². The summed E-state index contributed by atoms with van der Waals surface area (Å²) in [6, 6.07) is 15.6. The van der Waals surface area contributed by atoms with Gasteiger partial charge in [-0.2, -0.15) is 0 Å². The zero-order chi connectivity index (χ0) is 24.9. The Bertz CT molecular complexity index is 1190. The lowest BCUT2D eigenvalue weighted by atomic mass is 10.1. The molecule has 0 aliphatic carbocycles. The van der Waals surface area contributed by atoms with Crippen molar-refractivity contribution in [1.82, 2.24) is 10.2 Å². The van der Waals surface area contributed by atoms with Crippen LogP contribution in [-0.4, -0.2) is 47.9 Å². The standard InChI is InChI=1S/C27H29N3O5/c1-17-6-9-22(13-23(17)29-26(32)24-5-4-12-34-24)25(31)28-14-20-7-10-21(11-8-20)27(33)30-15-18(2)35-19(3)16-30/h4-13,18-19H,14-16H2,1-3H3,(H,28,31)(H,29,32). The van der Waals surface area contributed by atoms with Crippen LogP contribution in [0, 0.1) is 6.92 Å². The molecule has 2 atom stereocenters. The van der Waals surface area contributed by atoms with E-state index in [0.29, 0.717) is 36.4 Å². The van der Waals surface area contributed by atoms with Crippen molar-refractivity contribution in [2.45, 2.75) is 39.5 Å². The Hall–Kier alpha value is -3.91. The fraction of sp³-hybridized carbons (Fsp3) is 0.296. The van der Waals surface area contributed by atoms with Gasteiger partial charge in [-0.05, 0) is 68.3 Å². The number of nitrogens with one attached hydrogen (secondary N) is 2. The quantitative estimate of drug-likeness (QED) is 0.561. The first-order valence-electron chi connectivity index (χ1n) is 11.6. The molecule has 0 radical (unpaired) electrons. The minimum absolute atomic E-state index is 0.0120. The van der Waals surface area contributed by atoms with Crippen molar-refractivity contribution >= 4 is 23.4 Å². The first-order valence-corrected chi connectivity index (χ1v) is 11.6. The van der Waals surface area contributed by atoms with Gasteiger partial charge >= 0.3 is 0 Å². The lowest BCUT2D eigenvalue weighted by molar-refractivity contribution is -0.0586. The maximum atomic E-state index is 12.8. The lowest BCUT2D eigenvalue weighted by Crippen LogP contribution is -2.48. The summed E-state index contributed by atoms with van der Waals surface area (Å²) in [5.41, 5.74) is 3.26. The van der Waals surface area contributed by atoms with Crippen LogP contribution >= 0.6 is 0 Å². The van der Waals surface area contributed by atoms with Gasteiger partial charge < -0.3 is 24.7 Å². The number of furan rings is 1. The highest BCUT2D eigenvalue weighted by molar-refractivity contribution is 6.04. The number of benzene rings is 2. The van der Waals surface area contributed by atoms with E-state index >= 15 is 0 Å². The molecule has 4 rings (SSSR count). The van der Waals surface area contributed by atoms with E-state index in [9.17, 15) is 14.4 Å². The van der Waals surface area contributed by atoms with E-state index < -0.39 is 0 Å². The SMILES string of the molecule is Cc1ccc(C(=O)NCc2ccc(C(=O)N3CC(C)OC(C)C3)cc2)cc1NC(=O)c1ccco1. The second-order valence-electron chi connectivity index (χ2n) is 8.81. The molecule has 3 aromatic rings. The van der Waals surface area contributed by atoms with Gasteiger partial charge in [-0.25, -0.2) is 0 Å². The predicted octanol–water partition coefficient (Wildman–Crippen LogP) is 4.02. The Labute approximate surface area is 204 Å². The molecule has 2 N–H and O–H groups in total. The molecule has 1 saturated heterocycles. The second-order valence-corrected chi connectivity index (χ2v) is 8.81. The van der Waals surface area contributed by atoms with Gasteiger partial charge in [0, 0.05) is 36.4 Å². The summed E-state index contributed by atoms with van der Waals surface area (Å²) < 4.78 is 10.8. The number of rotatable bonds is 6. The van der Waals surface area contributed by atoms with Crippen LogP contribution in [0.1, 0.15) is 56.2 Å². The molecule has 0 saturated carbocycles. The number of aryl methyl sites for hydroxylation is 1. The molecule has 3 amide bonds. The molecule has 2 heterocycles. The van der Waals surface area contributed by atoms with Gasteiger partial charge in [0.15, 0.2) is 5.76 Å². The van der Waals surface area contributed by atoms with Crippen LogP contribution in [0.4, 0.5) is 5.69 Å². The maximum absolute atomic E-state index is 12.8. The van der Waals surface area contributed by atoms with Crippen molar-refractivity contribution in [3.05, 3.63) is 88.9 Å². The molecule has 2 unspecified atom stereocenters. The van der Waals surface area contributed by atoms with Gasteiger partial charge in [-0.3, -0.25) is 14.4 Å². The molecule has 1 fully saturated rings. The van der Waals surface area contributed by atoms with E-state index in [4.69, 9.17) is 9.15 Å². The zero-order valence-electron chi connectivity index (χ0n) is 20.0. The molecule has 2 aromatic carbocycles. The largest absolute Gasteiger partial charge is 0.459 e. The molecule has 1 aliphatic heterocycles. The van der Waals surface area contributed by atoms with Crippen molar-refractivity contribution in [3.63, 3.8) is 0 Å². The summed E-state index contributed by atoms with van der Waals surface area (Å²) in [5, 5.41) is 5.66. The van der Waals surface area contributed by atoms with Crippen LogP contribution in [0.25, 0.3) is 0 Å². The summed E-state index contributed by atoms with van der Waals surface area (Å²) in [6.07, 6.45) is 1.45. The number of hydrogen-bond acceptors (Lipinski definition) is 5. The zero-order valence-corrected chi connectivity index (χ0v) is 20.0. The predicted molar refractivity (Wildman–Crippen MR) is 131 cm³/mol. The van der Waals surface area contributed by atoms with Gasteiger partial charge in [0.25, 0.3) is 17.7 Å². The maximum Gasteiger partial charge on any atom is 0.291 e. The fourth-order valence-corrected chi connectivity index (χ4v) is 4.07. The summed E-state index contributed by atoms with van der Waals surface area (Å²) in [7, 11) is 0. The molecule has 1 aromatic heterocycles. The fourth-order valence-electron chi connectivity index (χ4n) is 4.07. The van der Waals surface area contributed by atoms with E-state index in [1.54, 1.807) is 42.5 Å². The van der Waals surface area contributed by atoms with E-state index in [0.717, 1.165) is 11.1 Å². The van der Waals surface area contributed by atoms with Crippen molar-refractivity contribution in [3.8, 4) is 0 Å². The van der Waals surface area contributed by atoms with Crippen molar-refractivity contribution in [2.75, 3.05) is 18.4 Å². The van der Waals surface area contributed by atoms with Gasteiger partial charge in [0.1, 0.15) is 0 Å². The lowest BCUT2D eigenvalue weighted by Gasteiger charge is -2.35. The number of morpholine rings is 1. The van der Waals surface area contributed by atoms with Crippen LogP contribution in [0.2, 0.25) is 0 Å². The van der Waals surface area contributed by atoms with Gasteiger partial charge in [-0.1, -0.05) is 18.2 Å². The minimum atomic E-state index is -0.383. The average molecular weight is 476 g/mol. The number of amides is 3. The Morgan fingerprint density at radius 2 is 1.63 bits per heavy atom. The summed E-state index contributed by atoms with van der Waals surface area (Å²) in [4.78, 5) is 39.7. The number of carbonyl (C=O) groups is 3. The van der Waals surface area contributed by atoms with E-state index in [1.807, 2.05) is 37.8 Å². The Balaban J connectivity index is 1.35. The van der Waals surface area contributed by atoms with E-state index in [1.165, 1.54) is 6.26 Å². The summed E-state index contributed by atoms with van der Waals surface area (Å²) >= 11 is 0. The Morgan fingerprint density at radius 1 is 0.943 bits per heavy atom. The van der Waals surface area contributed by atoms with Crippen LogP contribution in [0.3, 0.4) is 0 Å². The molecule has 182 valence electrons. The van der Waals surface area contributed by atoms with E-state index in [2.05, 4.69) is 10.6 Å². The second kappa shape index (κ2) is 10.6. The third-order valence-corrected chi connectivity index (χ3v) is 5.85. The summed E-state index contributed by atoms with van der Waals surface area (Å²) in [6.45, 7) is 7.22. The van der Waals surface area contributed by atoms with Crippen LogP contribution in [-0.2, 0) is 11.3 Å². The Kier molecular flexibility index (Phi) is 7.31. The van der Waals surface area contributed by atoms with Gasteiger partial charge in [0.2, 0.25) is 0 Å². The molecule has 35 heavy (non-hydrogen) atoms. The molecule has 8 nitrogen and oxygen atoms in total. The van der Waals surface area contributed by atoms with Gasteiger partial charge in [-0.15, -0.1) is 0 Å². The van der Waals surface area contributed by atoms with E-state index in [-0.39, 0.29) is 35.7 Å². The monoisotopic (exact) mass is 475 g/mol. The first-order chi connectivity index (χ1) is 16.8. The van der Waals surface area contributed by atoms with Crippen molar-refractivity contribution < 1.29 is 23.5 Å². The number of hydrogen-bond donors (Lipinski definition) is 2. The van der Waals surface area contributed by atoms with Crippen LogP contribution in [0.5, 0.6) is 0 Å². The molecule has 8 heteroatoms. The molecule has 0 spiro atoms. The highest BCUT2D eigenvalue weighted by Gasteiger charge is 2.26. The minimum Gasteiger partial charge on any atom is -0.459 e. The van der Waals surface area contributed by atoms with Crippen molar-refractivity contribution in [1.29, 1.82) is 0 Å². The molecular weight excluding hydrogens is 446 g/mol. The van der Waals surface area contributed by atoms with Crippen molar-refractivity contribution in [2.24, 2.45) is 0 Å². The average Bonchev–Trinajstić information content (AvgIpc) is 3.38. The third kappa shape index (κ3) is 5.96. The first kappa shape index (κ1) is 24.2. The van der Waals surface area contributed by atoms with Crippen LogP contribution in [0.15, 0.2) is 65.3 Å². The smallest absolute Gasteiger partial charge is 0.291 e. The van der Waals surface area contributed by atoms with Crippen LogP contribution < -0.4 is 10.6 Å². The molecule has 0 bridgehead atoms. The molecule has 1 aliphatic rings. The topological polar surface area (TPSA) is 101 Å². The number of carbonyl (C=O) groups excluding carboxylic acids is 3. The number of nitrogens with zero attached hydrogens (tertiary/aromatic N) is 1. The normalized spacial score (nSPS) is 17.6. The molecular formula is C27H29N3O5. The summed E-state index contributed by atoms with van der Waals surface area (Å²) in [5.74, 6) is -0.480. The highest BCUT2D eigenvalue weighted by atomic mass is 16.5.